The summed E-state index contributed by atoms with van der Waals surface area (Å²) in [6.07, 6.45) is 2.20. The second-order valence-electron chi connectivity index (χ2n) is 4.94. The maximum Gasteiger partial charge on any atom is 0.242 e. The number of anilines is 2. The van der Waals surface area contributed by atoms with Crippen LogP contribution in [0.1, 0.15) is 33.1 Å². The van der Waals surface area contributed by atoms with Gasteiger partial charge in [0.05, 0.1) is 11.4 Å². The average Bonchev–Trinajstić information content (AvgIpc) is 2.42. The lowest BCUT2D eigenvalue weighted by atomic mass is 10.2. The number of rotatable bonds is 7. The number of benzene rings is 1. The van der Waals surface area contributed by atoms with Crippen LogP contribution in [-0.4, -0.2) is 25.3 Å². The van der Waals surface area contributed by atoms with Crippen molar-refractivity contribution in [3.63, 3.8) is 0 Å². The molecular formula is C14H21FN2O3S. The second-order valence-corrected chi connectivity index (χ2v) is 7.39. The first-order chi connectivity index (χ1) is 9.77. The van der Waals surface area contributed by atoms with Crippen molar-refractivity contribution < 1.29 is 17.6 Å². The highest BCUT2D eigenvalue weighted by molar-refractivity contribution is 7.92. The van der Waals surface area contributed by atoms with E-state index in [0.717, 1.165) is 18.9 Å². The van der Waals surface area contributed by atoms with E-state index in [9.17, 15) is 17.6 Å². The fourth-order valence-electron chi connectivity index (χ4n) is 1.77. The molecule has 0 saturated carbocycles. The quantitative estimate of drug-likeness (QED) is 0.597. The molecule has 0 aliphatic rings. The van der Waals surface area contributed by atoms with Crippen molar-refractivity contribution in [2.45, 2.75) is 38.4 Å². The molecule has 0 saturated heterocycles. The van der Waals surface area contributed by atoms with Crippen molar-refractivity contribution in [2.75, 3.05) is 16.8 Å². The van der Waals surface area contributed by atoms with Crippen LogP contribution in [0.15, 0.2) is 18.2 Å². The number of hydrogen-bond donors (Lipinski definition) is 2. The predicted octanol–water partition coefficient (Wildman–Crippen LogP) is 2.34. The first-order valence-electron chi connectivity index (χ1n) is 6.85. The average molecular weight is 316 g/mol. The van der Waals surface area contributed by atoms with Crippen LogP contribution in [0.4, 0.5) is 15.8 Å². The molecule has 21 heavy (non-hydrogen) atoms. The summed E-state index contributed by atoms with van der Waals surface area (Å²) >= 11 is 0. The van der Waals surface area contributed by atoms with Gasteiger partial charge < -0.3 is 11.1 Å². The van der Waals surface area contributed by atoms with Crippen LogP contribution in [-0.2, 0) is 14.6 Å². The third-order valence-corrected chi connectivity index (χ3v) is 5.34. The van der Waals surface area contributed by atoms with Crippen molar-refractivity contribution in [2.24, 2.45) is 0 Å². The third-order valence-electron chi connectivity index (χ3n) is 3.19. The van der Waals surface area contributed by atoms with Gasteiger partial charge in [0.15, 0.2) is 9.84 Å². The van der Waals surface area contributed by atoms with Crippen LogP contribution in [0.2, 0.25) is 0 Å². The van der Waals surface area contributed by atoms with Crippen LogP contribution in [0.5, 0.6) is 0 Å². The zero-order chi connectivity index (χ0) is 16.0. The van der Waals surface area contributed by atoms with E-state index in [1.165, 1.54) is 19.1 Å². The molecule has 1 amide bonds. The fraction of sp³-hybridized carbons (Fsp3) is 0.500. The molecule has 1 aromatic carbocycles. The molecule has 5 nitrogen and oxygen atoms in total. The van der Waals surface area contributed by atoms with Gasteiger partial charge in [-0.2, -0.15) is 0 Å². The van der Waals surface area contributed by atoms with Gasteiger partial charge in [-0.15, -0.1) is 0 Å². The number of nitrogens with one attached hydrogen (secondary N) is 1. The monoisotopic (exact) mass is 316 g/mol. The minimum absolute atomic E-state index is 0.0468. The molecule has 1 aromatic rings. The van der Waals surface area contributed by atoms with E-state index in [1.54, 1.807) is 0 Å². The lowest BCUT2D eigenvalue weighted by Crippen LogP contribution is -2.34. The van der Waals surface area contributed by atoms with E-state index < -0.39 is 26.8 Å². The zero-order valence-electron chi connectivity index (χ0n) is 12.2. The highest BCUT2D eigenvalue weighted by Gasteiger charge is 2.27. The molecule has 0 aromatic heterocycles. The number of hydrogen-bond acceptors (Lipinski definition) is 4. The third kappa shape index (κ3) is 5.00. The molecule has 1 rings (SSSR count). The number of sulfone groups is 1. The maximum absolute atomic E-state index is 13.5. The molecule has 0 fully saturated rings. The summed E-state index contributed by atoms with van der Waals surface area (Å²) in [5, 5.41) is 1.05. The van der Waals surface area contributed by atoms with Gasteiger partial charge in [-0.1, -0.05) is 19.8 Å². The molecule has 0 heterocycles. The summed E-state index contributed by atoms with van der Waals surface area (Å²) < 4.78 is 37.5. The second kappa shape index (κ2) is 7.40. The van der Waals surface area contributed by atoms with Gasteiger partial charge in [-0.25, -0.2) is 12.8 Å². The number of halogens is 1. The SMILES string of the molecule is CCCCCS(=O)(=O)C(C)C(=O)Nc1cc(N)ccc1F. The highest BCUT2D eigenvalue weighted by atomic mass is 32.2. The van der Waals surface area contributed by atoms with Gasteiger partial charge in [0.2, 0.25) is 5.91 Å². The number of nitrogen functional groups attached to an aromatic ring is 1. The molecule has 0 bridgehead atoms. The van der Waals surface area contributed by atoms with E-state index in [2.05, 4.69) is 5.32 Å². The van der Waals surface area contributed by atoms with E-state index in [-0.39, 0.29) is 17.1 Å². The van der Waals surface area contributed by atoms with E-state index >= 15 is 0 Å². The van der Waals surface area contributed by atoms with Gasteiger partial charge in [0, 0.05) is 5.69 Å². The summed E-state index contributed by atoms with van der Waals surface area (Å²) in [6.45, 7) is 3.27. The summed E-state index contributed by atoms with van der Waals surface area (Å²) in [7, 11) is -3.54. The van der Waals surface area contributed by atoms with Crippen molar-refractivity contribution in [1.29, 1.82) is 0 Å². The predicted molar refractivity (Wildman–Crippen MR) is 82.2 cm³/mol. The van der Waals surface area contributed by atoms with E-state index in [4.69, 9.17) is 5.73 Å². The molecule has 0 aliphatic heterocycles. The Morgan fingerprint density at radius 1 is 1.38 bits per heavy atom. The number of carbonyl (C=O) groups is 1. The number of amides is 1. The highest BCUT2D eigenvalue weighted by Crippen LogP contribution is 2.18. The first kappa shape index (κ1) is 17.4. The molecule has 0 aliphatic carbocycles. The van der Waals surface area contributed by atoms with E-state index in [1.807, 2.05) is 6.92 Å². The zero-order valence-corrected chi connectivity index (χ0v) is 13.0. The molecule has 0 radical (unpaired) electrons. The summed E-state index contributed by atoms with van der Waals surface area (Å²) in [5.74, 6) is -1.46. The number of carbonyl (C=O) groups excluding carboxylic acids is 1. The van der Waals surface area contributed by atoms with Crippen molar-refractivity contribution in [3.8, 4) is 0 Å². The minimum atomic E-state index is -3.54. The fourth-order valence-corrected chi connectivity index (χ4v) is 3.11. The maximum atomic E-state index is 13.5. The Labute approximate surface area is 124 Å². The van der Waals surface area contributed by atoms with Gasteiger partial charge in [-0.05, 0) is 31.5 Å². The smallest absolute Gasteiger partial charge is 0.242 e. The Morgan fingerprint density at radius 2 is 2.05 bits per heavy atom. The van der Waals surface area contributed by atoms with Gasteiger partial charge >= 0.3 is 0 Å². The van der Waals surface area contributed by atoms with Crippen LogP contribution in [0.25, 0.3) is 0 Å². The lowest BCUT2D eigenvalue weighted by Gasteiger charge is -2.14. The first-order valence-corrected chi connectivity index (χ1v) is 8.57. The number of unbranched alkanes of at least 4 members (excludes halogenated alkanes) is 2. The Bertz CT molecular complexity index is 602. The standard InChI is InChI=1S/C14H21FN2O3S/c1-3-4-5-8-21(19,20)10(2)14(18)17-13-9-11(16)6-7-12(13)15/h6-7,9-10H,3-5,8,16H2,1-2H3,(H,17,18). The van der Waals surface area contributed by atoms with Crippen LogP contribution < -0.4 is 11.1 Å². The van der Waals surface area contributed by atoms with Crippen LogP contribution in [0, 0.1) is 5.82 Å². The van der Waals surface area contributed by atoms with Crippen molar-refractivity contribution in [1.82, 2.24) is 0 Å². The van der Waals surface area contributed by atoms with Crippen molar-refractivity contribution >= 4 is 27.1 Å². The van der Waals surface area contributed by atoms with Crippen LogP contribution in [0.3, 0.4) is 0 Å². The summed E-state index contributed by atoms with van der Waals surface area (Å²) in [5.41, 5.74) is 5.68. The van der Waals surface area contributed by atoms with Gasteiger partial charge in [-0.3, -0.25) is 4.79 Å². The molecule has 7 heteroatoms. The summed E-state index contributed by atoms with van der Waals surface area (Å²) in [6, 6.07) is 3.73. The largest absolute Gasteiger partial charge is 0.399 e. The topological polar surface area (TPSA) is 89.3 Å². The molecule has 1 unspecified atom stereocenters. The van der Waals surface area contributed by atoms with E-state index in [0.29, 0.717) is 6.42 Å². The Morgan fingerprint density at radius 3 is 2.67 bits per heavy atom. The normalized spacial score (nSPS) is 12.9. The lowest BCUT2D eigenvalue weighted by molar-refractivity contribution is -0.115. The molecule has 118 valence electrons. The molecular weight excluding hydrogens is 295 g/mol. The summed E-state index contributed by atoms with van der Waals surface area (Å²) in [4.78, 5) is 12.0. The minimum Gasteiger partial charge on any atom is -0.399 e. The van der Waals surface area contributed by atoms with Gasteiger partial charge in [0.25, 0.3) is 0 Å². The Balaban J connectivity index is 2.76. The molecule has 3 N–H and O–H groups in total. The molecule has 0 spiro atoms. The number of nitrogens with two attached hydrogens (primary N) is 1. The van der Waals surface area contributed by atoms with Gasteiger partial charge in [0.1, 0.15) is 11.1 Å². The Kier molecular flexibility index (Phi) is 6.14. The Hall–Kier alpha value is -1.63. The van der Waals surface area contributed by atoms with Crippen LogP contribution >= 0.6 is 0 Å². The molecule has 1 atom stereocenters. The van der Waals surface area contributed by atoms with Crippen molar-refractivity contribution in [3.05, 3.63) is 24.0 Å².